The molecule has 1 aliphatic heterocycles. The van der Waals surface area contributed by atoms with Crippen LogP contribution in [0.4, 0.5) is 15.6 Å². The number of likely N-dealkylation sites (tertiary alicyclic amines) is 1. The number of anilines is 2. The number of aromatic nitrogens is 1. The van der Waals surface area contributed by atoms with Gasteiger partial charge in [0.1, 0.15) is 5.60 Å². The number of nitrogens with zero attached hydrogens (tertiary/aromatic N) is 2. The molecular formula is C34H48N4O4SSi-. The summed E-state index contributed by atoms with van der Waals surface area (Å²) in [4.78, 5) is 32.5. The number of rotatable bonds is 9. The summed E-state index contributed by atoms with van der Waals surface area (Å²) in [6.45, 7) is 17.0. The molecular weight excluding hydrogens is 589 g/mol. The highest BCUT2D eigenvalue weighted by molar-refractivity contribution is 7.13. The second-order valence-electron chi connectivity index (χ2n) is 14.2. The Kier molecular flexibility index (Phi) is 10.3. The second-order valence-corrected chi connectivity index (χ2v) is 19.8. The zero-order valence-electron chi connectivity index (χ0n) is 27.3. The number of nitrogens with two attached hydrogens (primary N) is 1. The van der Waals surface area contributed by atoms with Crippen LogP contribution in [0.25, 0.3) is 0 Å². The third-order valence-corrected chi connectivity index (χ3v) is 13.7. The lowest BCUT2D eigenvalue weighted by atomic mass is 10.0. The van der Waals surface area contributed by atoms with Crippen LogP contribution in [0.2, 0.25) is 18.1 Å². The summed E-state index contributed by atoms with van der Waals surface area (Å²) in [5.74, 6) is -0.147. The number of hydrogen-bond donors (Lipinski definition) is 2. The first-order chi connectivity index (χ1) is 20.5. The molecule has 8 nitrogen and oxygen atoms in total. The van der Waals surface area contributed by atoms with Gasteiger partial charge in [0.25, 0.3) is 0 Å². The Hall–Kier alpha value is -3.21. The van der Waals surface area contributed by atoms with Gasteiger partial charge in [-0.05, 0) is 71.6 Å². The van der Waals surface area contributed by atoms with Crippen LogP contribution in [-0.2, 0) is 26.8 Å². The van der Waals surface area contributed by atoms with Crippen LogP contribution in [0.15, 0.2) is 60.0 Å². The third-order valence-electron chi connectivity index (χ3n) is 8.48. The van der Waals surface area contributed by atoms with Crippen molar-refractivity contribution in [3.63, 3.8) is 0 Å². The van der Waals surface area contributed by atoms with Crippen molar-refractivity contribution in [1.82, 2.24) is 9.88 Å². The molecule has 0 radical (unpaired) electrons. The van der Waals surface area contributed by atoms with Gasteiger partial charge in [0.2, 0.25) is 5.91 Å². The van der Waals surface area contributed by atoms with Gasteiger partial charge < -0.3 is 20.2 Å². The monoisotopic (exact) mass is 636 g/mol. The molecule has 3 atom stereocenters. The molecule has 1 unspecified atom stereocenters. The number of benzene rings is 2. The predicted molar refractivity (Wildman–Crippen MR) is 181 cm³/mol. The van der Waals surface area contributed by atoms with E-state index in [2.05, 4.69) is 56.3 Å². The summed E-state index contributed by atoms with van der Waals surface area (Å²) in [6.07, 6.45) is 1.92. The smallest absolute Gasteiger partial charge is 0.410 e. The fourth-order valence-electron chi connectivity index (χ4n) is 5.28. The normalized spacial score (nSPS) is 18.2. The fraction of sp³-hybridized carbons (Fsp3) is 0.500. The molecule has 10 heteroatoms. The molecule has 3 N–H and O–H groups in total. The lowest BCUT2D eigenvalue weighted by Gasteiger charge is -2.52. The molecule has 2 heterocycles. The number of nitrogens with one attached hydrogen (secondary N) is 1. The summed E-state index contributed by atoms with van der Waals surface area (Å²) < 4.78 is 13.1. The van der Waals surface area contributed by atoms with Gasteiger partial charge in [-0.2, -0.15) is 0 Å². The number of carbonyl (C=O) groups excluding carboxylic acids is 2. The molecule has 4 rings (SSSR count). The Morgan fingerprint density at radius 2 is 1.70 bits per heavy atom. The molecule has 1 saturated heterocycles. The first-order valence-corrected chi connectivity index (χ1v) is 19.1. The van der Waals surface area contributed by atoms with Crippen molar-refractivity contribution in [2.24, 2.45) is 0 Å². The number of carbonyl (C=O) groups is 2. The van der Waals surface area contributed by atoms with Gasteiger partial charge >= 0.3 is 6.09 Å². The van der Waals surface area contributed by atoms with Crippen LogP contribution in [0, 0.1) is 0 Å². The standard InChI is InChI=1S/C34H48N4O4SSi/c1-33(2,3)41-32(40)38-27(20-23-14-16-25(17-15-23)36-29(39)21-26-22-43-31(35)37-26)18-19-28(38)30(24-12-10-9-11-13-24)42-44(7,8)34(4,5)6/h9-17,22,27-28,30H,18-21H2,1-8H3,(H2,35,37)(H,36,39)/q-1/t27?,28-,30-/m1/s1. The minimum atomic E-state index is -2.19. The van der Waals surface area contributed by atoms with E-state index >= 15 is 0 Å². The average molecular weight is 637 g/mol. The Morgan fingerprint density at radius 1 is 1.05 bits per heavy atom. The number of amides is 2. The van der Waals surface area contributed by atoms with E-state index in [1.807, 2.05) is 68.1 Å². The van der Waals surface area contributed by atoms with Crippen LogP contribution in [0.3, 0.4) is 0 Å². The number of ether oxygens (including phenoxy) is 1. The fourth-order valence-corrected chi connectivity index (χ4v) is 7.13. The van der Waals surface area contributed by atoms with Crippen LogP contribution in [0.1, 0.15) is 77.3 Å². The zero-order chi connectivity index (χ0) is 32.3. The Balaban J connectivity index is 1.56. The summed E-state index contributed by atoms with van der Waals surface area (Å²) in [5, 5.41) is 5.20. The maximum Gasteiger partial charge on any atom is 0.410 e. The Labute approximate surface area is 267 Å². The lowest BCUT2D eigenvalue weighted by molar-refractivity contribution is -0.115. The molecule has 0 spiro atoms. The van der Waals surface area contributed by atoms with Gasteiger partial charge in [-0.1, -0.05) is 63.2 Å². The van der Waals surface area contributed by atoms with E-state index < -0.39 is 13.9 Å². The highest BCUT2D eigenvalue weighted by atomic mass is 32.1. The van der Waals surface area contributed by atoms with Gasteiger partial charge in [-0.25, -0.2) is 9.78 Å². The zero-order valence-corrected chi connectivity index (χ0v) is 29.2. The third kappa shape index (κ3) is 8.70. The molecule has 239 valence electrons. The molecule has 1 aliphatic rings. The largest absolute Gasteiger partial charge is 0.557 e. The van der Waals surface area contributed by atoms with Crippen molar-refractivity contribution in [3.05, 3.63) is 76.8 Å². The van der Waals surface area contributed by atoms with Crippen molar-refractivity contribution < 1.29 is 18.8 Å². The van der Waals surface area contributed by atoms with Crippen LogP contribution in [-0.4, -0.2) is 47.9 Å². The van der Waals surface area contributed by atoms with Gasteiger partial charge in [-0.15, -0.1) is 29.5 Å². The molecule has 0 saturated carbocycles. The quantitative estimate of drug-likeness (QED) is 0.231. The van der Waals surface area contributed by atoms with E-state index in [0.717, 1.165) is 24.0 Å². The topological polar surface area (TPSA) is 107 Å². The number of thiazole rings is 1. The summed E-state index contributed by atoms with van der Waals surface area (Å²) in [6, 6.07) is 17.9. The van der Waals surface area contributed by atoms with Crippen molar-refractivity contribution in [3.8, 4) is 0 Å². The maximum atomic E-state index is 13.9. The first-order valence-electron chi connectivity index (χ1n) is 15.4. The van der Waals surface area contributed by atoms with E-state index in [1.54, 1.807) is 5.38 Å². The van der Waals surface area contributed by atoms with Gasteiger partial charge in [0.05, 0.1) is 24.3 Å². The van der Waals surface area contributed by atoms with Gasteiger partial charge in [0, 0.05) is 17.1 Å². The predicted octanol–water partition coefficient (Wildman–Crippen LogP) is 7.98. The highest BCUT2D eigenvalue weighted by Crippen LogP contribution is 2.44. The average Bonchev–Trinajstić information content (AvgIpc) is 3.52. The van der Waals surface area contributed by atoms with Crippen LogP contribution in [0.5, 0.6) is 0 Å². The molecule has 2 amide bonds. The summed E-state index contributed by atoms with van der Waals surface area (Å²) >= 11 is 1.32. The Bertz CT molecular complexity index is 1410. The maximum absolute atomic E-state index is 13.9. The second kappa shape index (κ2) is 13.4. The lowest BCUT2D eigenvalue weighted by Crippen LogP contribution is -2.50. The SMILES string of the molecule is CC(C)(C)OC(=O)N1C(Cc2ccc(NC(=O)Cc3csc(N)n3)cc2)CC[C@@H]1[C@H](O[Si-](C)(C)C(C)(C)C)c1ccccc1. The Morgan fingerprint density at radius 3 is 2.27 bits per heavy atom. The molecule has 0 aliphatic carbocycles. The van der Waals surface area contributed by atoms with E-state index in [1.165, 1.54) is 11.3 Å². The van der Waals surface area contributed by atoms with Crippen molar-refractivity contribution in [2.75, 3.05) is 11.1 Å². The van der Waals surface area contributed by atoms with Gasteiger partial charge in [0.15, 0.2) is 5.13 Å². The molecule has 1 fully saturated rings. The van der Waals surface area contributed by atoms with Crippen molar-refractivity contribution in [1.29, 1.82) is 0 Å². The van der Waals surface area contributed by atoms with E-state index in [4.69, 9.17) is 14.9 Å². The number of nitrogen functional groups attached to an aromatic ring is 1. The molecule has 0 bridgehead atoms. The van der Waals surface area contributed by atoms with Crippen molar-refractivity contribution in [2.45, 2.75) is 109 Å². The van der Waals surface area contributed by atoms with E-state index in [9.17, 15) is 9.59 Å². The first kappa shape index (κ1) is 33.7. The number of hydrogen-bond acceptors (Lipinski definition) is 7. The van der Waals surface area contributed by atoms with E-state index in [-0.39, 0.29) is 41.6 Å². The molecule has 44 heavy (non-hydrogen) atoms. The molecule has 1 aromatic heterocycles. The van der Waals surface area contributed by atoms with Crippen LogP contribution >= 0.6 is 11.3 Å². The highest BCUT2D eigenvalue weighted by Gasteiger charge is 2.44. The van der Waals surface area contributed by atoms with Crippen molar-refractivity contribution >= 4 is 42.5 Å². The van der Waals surface area contributed by atoms with Crippen LogP contribution < -0.4 is 11.1 Å². The van der Waals surface area contributed by atoms with E-state index in [0.29, 0.717) is 22.9 Å². The molecule has 3 aromatic rings. The van der Waals surface area contributed by atoms with Gasteiger partial charge in [-0.3, -0.25) is 9.69 Å². The molecule has 2 aromatic carbocycles. The minimum Gasteiger partial charge on any atom is -0.557 e. The summed E-state index contributed by atoms with van der Waals surface area (Å²) in [7, 11) is -2.19. The summed E-state index contributed by atoms with van der Waals surface area (Å²) in [5.41, 5.74) is 8.59. The minimum absolute atomic E-state index is 0.0134.